The fourth-order valence-corrected chi connectivity index (χ4v) is 3.43. The van der Waals surface area contributed by atoms with Gasteiger partial charge in [0.05, 0.1) is 6.42 Å². The van der Waals surface area contributed by atoms with Crippen LogP contribution in [0.3, 0.4) is 0 Å². The van der Waals surface area contributed by atoms with Gasteiger partial charge in [0.25, 0.3) is 0 Å². The zero-order chi connectivity index (χ0) is 22.2. The van der Waals surface area contributed by atoms with Crippen LogP contribution in [0.15, 0.2) is 59.8 Å². The Morgan fingerprint density at radius 1 is 1.06 bits per heavy atom. The highest BCUT2D eigenvalue weighted by atomic mass is 32.2. The lowest BCUT2D eigenvalue weighted by Crippen LogP contribution is -2.13. The summed E-state index contributed by atoms with van der Waals surface area (Å²) in [5, 5.41) is 12.4. The average molecular weight is 438 g/mol. The van der Waals surface area contributed by atoms with Gasteiger partial charge in [-0.2, -0.15) is 0 Å². The van der Waals surface area contributed by atoms with E-state index in [1.165, 1.54) is 11.8 Å². The molecule has 0 fully saturated rings. The number of aryl methyl sites for hydroxylation is 1. The molecule has 0 aliphatic heterocycles. The van der Waals surface area contributed by atoms with Gasteiger partial charge >= 0.3 is 12.1 Å². The van der Waals surface area contributed by atoms with Crippen LogP contribution in [0.1, 0.15) is 28.1 Å². The summed E-state index contributed by atoms with van der Waals surface area (Å²) in [5.41, 5.74) is 4.28. The quantitative estimate of drug-likeness (QED) is 0.396. The maximum absolute atomic E-state index is 12.0. The van der Waals surface area contributed by atoms with Crippen molar-refractivity contribution in [3.63, 3.8) is 0 Å². The first-order valence-electron chi connectivity index (χ1n) is 9.62. The molecule has 0 radical (unpaired) electrons. The van der Waals surface area contributed by atoms with E-state index in [0.29, 0.717) is 28.5 Å². The van der Waals surface area contributed by atoms with Crippen molar-refractivity contribution in [3.8, 4) is 0 Å². The van der Waals surface area contributed by atoms with Gasteiger partial charge in [-0.15, -0.1) is 11.8 Å². The summed E-state index contributed by atoms with van der Waals surface area (Å²) >= 11 is 1.40. The molecular formula is C23H23N3O4S. The van der Waals surface area contributed by atoms with Crippen molar-refractivity contribution in [1.82, 2.24) is 9.97 Å². The fraction of sp³-hybridized carbons (Fsp3) is 0.217. The molecule has 0 unspecified atom stereocenters. The number of benzene rings is 2. The first kappa shape index (κ1) is 22.3. The minimum atomic E-state index is -0.910. The Balaban J connectivity index is 1.55. The van der Waals surface area contributed by atoms with Gasteiger partial charge in [0.1, 0.15) is 17.5 Å². The van der Waals surface area contributed by atoms with Gasteiger partial charge in [-0.3, -0.25) is 10.1 Å². The number of carbonyl (C=O) groups excluding carboxylic acids is 1. The lowest BCUT2D eigenvalue weighted by molar-refractivity contribution is -0.136. The van der Waals surface area contributed by atoms with Crippen molar-refractivity contribution in [2.45, 2.75) is 31.4 Å². The molecule has 0 aliphatic carbocycles. The van der Waals surface area contributed by atoms with Gasteiger partial charge in [-0.05, 0) is 36.4 Å². The summed E-state index contributed by atoms with van der Waals surface area (Å²) in [7, 11) is 0. The number of amides is 1. The molecule has 7 nitrogen and oxygen atoms in total. The number of hydrogen-bond donors (Lipinski definition) is 2. The standard InChI is InChI=1S/C23H23N3O4S/c1-15-3-5-17(6-4-15)14-30-23(29)25-19-9-7-16(8-10-19)11-20-24-13-18(12-21(27)28)22(26-20)31-2/h3-10,13H,11-12,14H2,1-2H3,(H,25,29)(H,27,28). The number of aromatic nitrogens is 2. The molecule has 8 heteroatoms. The molecule has 0 saturated carbocycles. The molecule has 1 heterocycles. The highest BCUT2D eigenvalue weighted by Crippen LogP contribution is 2.19. The maximum atomic E-state index is 12.0. The van der Waals surface area contributed by atoms with Crippen LogP contribution in [0.5, 0.6) is 0 Å². The molecule has 2 N–H and O–H groups in total. The van der Waals surface area contributed by atoms with E-state index in [4.69, 9.17) is 9.84 Å². The largest absolute Gasteiger partial charge is 0.481 e. The van der Waals surface area contributed by atoms with Gasteiger partial charge < -0.3 is 9.84 Å². The number of carbonyl (C=O) groups is 2. The van der Waals surface area contributed by atoms with E-state index in [1.807, 2.05) is 49.6 Å². The minimum Gasteiger partial charge on any atom is -0.481 e. The first-order valence-corrected chi connectivity index (χ1v) is 10.8. The van der Waals surface area contributed by atoms with E-state index < -0.39 is 12.1 Å². The second-order valence-electron chi connectivity index (χ2n) is 6.95. The predicted octanol–water partition coefficient (Wildman–Crippen LogP) is 4.47. The Bertz CT molecular complexity index is 1050. The van der Waals surface area contributed by atoms with E-state index in [2.05, 4.69) is 15.3 Å². The number of carboxylic acid groups (broad SMARTS) is 1. The molecule has 0 saturated heterocycles. The lowest BCUT2D eigenvalue weighted by Gasteiger charge is -2.09. The SMILES string of the molecule is CSc1nc(Cc2ccc(NC(=O)OCc3ccc(C)cc3)cc2)ncc1CC(=O)O. The summed E-state index contributed by atoms with van der Waals surface area (Å²) in [6.07, 6.45) is 3.31. The number of aliphatic carboxylic acids is 1. The zero-order valence-corrected chi connectivity index (χ0v) is 18.1. The first-order chi connectivity index (χ1) is 14.9. The van der Waals surface area contributed by atoms with E-state index in [0.717, 1.165) is 16.7 Å². The predicted molar refractivity (Wildman–Crippen MR) is 119 cm³/mol. The second kappa shape index (κ2) is 10.6. The molecule has 3 rings (SSSR count). The average Bonchev–Trinajstić information content (AvgIpc) is 2.75. The van der Waals surface area contributed by atoms with E-state index in [1.54, 1.807) is 18.3 Å². The Labute approximate surface area is 184 Å². The highest BCUT2D eigenvalue weighted by molar-refractivity contribution is 7.98. The third-order valence-corrected chi connectivity index (χ3v) is 5.20. The number of thioether (sulfide) groups is 1. The molecule has 2 aromatic carbocycles. The van der Waals surface area contributed by atoms with Crippen LogP contribution in [0.2, 0.25) is 0 Å². The number of nitrogens with one attached hydrogen (secondary N) is 1. The molecule has 0 bridgehead atoms. The fourth-order valence-electron chi connectivity index (χ4n) is 2.85. The minimum absolute atomic E-state index is 0.100. The van der Waals surface area contributed by atoms with Crippen LogP contribution in [-0.4, -0.2) is 33.4 Å². The molecule has 31 heavy (non-hydrogen) atoms. The number of hydrogen-bond acceptors (Lipinski definition) is 6. The molecule has 1 aromatic heterocycles. The van der Waals surface area contributed by atoms with Gasteiger partial charge in [-0.25, -0.2) is 14.8 Å². The monoisotopic (exact) mass is 437 g/mol. The van der Waals surface area contributed by atoms with E-state index in [-0.39, 0.29) is 13.0 Å². The lowest BCUT2D eigenvalue weighted by atomic mass is 10.1. The second-order valence-corrected chi connectivity index (χ2v) is 7.75. The summed E-state index contributed by atoms with van der Waals surface area (Å²) in [4.78, 5) is 31.7. The molecule has 160 valence electrons. The molecule has 0 atom stereocenters. The number of anilines is 1. The number of ether oxygens (including phenoxy) is 1. The van der Waals surface area contributed by atoms with E-state index in [9.17, 15) is 9.59 Å². The number of rotatable bonds is 8. The summed E-state index contributed by atoms with van der Waals surface area (Å²) in [6, 6.07) is 15.1. The Morgan fingerprint density at radius 3 is 2.39 bits per heavy atom. The van der Waals surface area contributed by atoms with Crippen molar-refractivity contribution < 1.29 is 19.4 Å². The molecule has 1 amide bonds. The van der Waals surface area contributed by atoms with Gasteiger partial charge in [-0.1, -0.05) is 42.0 Å². The molecular weight excluding hydrogens is 414 g/mol. The Kier molecular flexibility index (Phi) is 7.61. The van der Waals surface area contributed by atoms with Gasteiger partial charge in [0.15, 0.2) is 0 Å². The summed E-state index contributed by atoms with van der Waals surface area (Å²) in [6.45, 7) is 2.21. The van der Waals surface area contributed by atoms with Crippen molar-refractivity contribution in [3.05, 3.63) is 82.8 Å². The van der Waals surface area contributed by atoms with Crippen molar-refractivity contribution in [2.75, 3.05) is 11.6 Å². The highest BCUT2D eigenvalue weighted by Gasteiger charge is 2.11. The Morgan fingerprint density at radius 2 is 1.74 bits per heavy atom. The van der Waals surface area contributed by atoms with Crippen LogP contribution >= 0.6 is 11.8 Å². The smallest absolute Gasteiger partial charge is 0.411 e. The third kappa shape index (κ3) is 6.82. The van der Waals surface area contributed by atoms with Gasteiger partial charge in [0, 0.05) is 23.9 Å². The van der Waals surface area contributed by atoms with Crippen LogP contribution in [0, 0.1) is 6.92 Å². The van der Waals surface area contributed by atoms with Crippen LogP contribution in [0.4, 0.5) is 10.5 Å². The van der Waals surface area contributed by atoms with Crippen LogP contribution < -0.4 is 5.32 Å². The van der Waals surface area contributed by atoms with Gasteiger partial charge in [0.2, 0.25) is 0 Å². The van der Waals surface area contributed by atoms with Crippen molar-refractivity contribution in [2.24, 2.45) is 0 Å². The zero-order valence-electron chi connectivity index (χ0n) is 17.3. The van der Waals surface area contributed by atoms with Crippen molar-refractivity contribution in [1.29, 1.82) is 0 Å². The maximum Gasteiger partial charge on any atom is 0.411 e. The Hall–Kier alpha value is -3.39. The normalized spacial score (nSPS) is 10.5. The molecule has 0 aliphatic rings. The number of carboxylic acids is 1. The van der Waals surface area contributed by atoms with Crippen molar-refractivity contribution >= 4 is 29.5 Å². The number of nitrogens with zero attached hydrogens (tertiary/aromatic N) is 2. The summed E-state index contributed by atoms with van der Waals surface area (Å²) in [5.74, 6) is -0.302. The third-order valence-electron chi connectivity index (χ3n) is 4.46. The summed E-state index contributed by atoms with van der Waals surface area (Å²) < 4.78 is 5.25. The molecule has 0 spiro atoms. The van der Waals surface area contributed by atoms with Crippen LogP contribution in [0.25, 0.3) is 0 Å². The molecule has 3 aromatic rings. The van der Waals surface area contributed by atoms with Crippen LogP contribution in [-0.2, 0) is 29.0 Å². The topological polar surface area (TPSA) is 101 Å². The van der Waals surface area contributed by atoms with E-state index >= 15 is 0 Å².